The molecule has 2 bridgehead atoms. The molecule has 20 heavy (non-hydrogen) atoms. The van der Waals surface area contributed by atoms with Crippen LogP contribution in [0.15, 0.2) is 18.2 Å². The molecule has 0 amide bonds. The van der Waals surface area contributed by atoms with E-state index in [9.17, 15) is 17.6 Å². The molecule has 1 N–H and O–H groups in total. The second kappa shape index (κ2) is 5.00. The zero-order valence-corrected chi connectivity index (χ0v) is 10.7. The lowest BCUT2D eigenvalue weighted by molar-refractivity contribution is -0.138. The Labute approximate surface area is 114 Å². The highest BCUT2D eigenvalue weighted by Crippen LogP contribution is 2.35. The molecular formula is C14H15F4NO. The van der Waals surface area contributed by atoms with Gasteiger partial charge in [0.2, 0.25) is 0 Å². The van der Waals surface area contributed by atoms with Crippen molar-refractivity contribution in [2.24, 2.45) is 0 Å². The Morgan fingerprint density at radius 2 is 2.05 bits per heavy atom. The number of fused-ring (bicyclic) bond motifs is 2. The molecule has 2 aliphatic heterocycles. The fourth-order valence-corrected chi connectivity index (χ4v) is 3.06. The second-order valence-electron chi connectivity index (χ2n) is 5.40. The fraction of sp³-hybridized carbons (Fsp3) is 0.571. The van der Waals surface area contributed by atoms with Gasteiger partial charge in [-0.2, -0.15) is 13.2 Å². The summed E-state index contributed by atoms with van der Waals surface area (Å²) in [7, 11) is 0. The van der Waals surface area contributed by atoms with Crippen LogP contribution in [-0.4, -0.2) is 18.2 Å². The molecule has 2 aliphatic rings. The van der Waals surface area contributed by atoms with Crippen LogP contribution in [0.2, 0.25) is 0 Å². The van der Waals surface area contributed by atoms with E-state index in [0.29, 0.717) is 6.07 Å². The van der Waals surface area contributed by atoms with Gasteiger partial charge in [-0.3, -0.25) is 0 Å². The number of rotatable bonds is 3. The van der Waals surface area contributed by atoms with Crippen LogP contribution in [0.5, 0.6) is 0 Å². The second-order valence-corrected chi connectivity index (χ2v) is 5.40. The van der Waals surface area contributed by atoms with Gasteiger partial charge in [-0.15, -0.1) is 0 Å². The van der Waals surface area contributed by atoms with Crippen LogP contribution in [0.3, 0.4) is 0 Å². The molecule has 3 atom stereocenters. The van der Waals surface area contributed by atoms with Crippen molar-refractivity contribution in [2.45, 2.75) is 50.2 Å². The molecule has 0 spiro atoms. The van der Waals surface area contributed by atoms with Gasteiger partial charge in [0.1, 0.15) is 5.82 Å². The molecule has 6 heteroatoms. The summed E-state index contributed by atoms with van der Waals surface area (Å²) in [6.07, 6.45) is -1.36. The first-order valence-corrected chi connectivity index (χ1v) is 6.68. The number of benzene rings is 1. The van der Waals surface area contributed by atoms with E-state index in [0.717, 1.165) is 25.3 Å². The van der Waals surface area contributed by atoms with E-state index in [2.05, 4.69) is 5.32 Å². The topological polar surface area (TPSA) is 21.3 Å². The number of ether oxygens (including phenoxy) is 1. The molecule has 3 rings (SSSR count). The Morgan fingerprint density at radius 3 is 2.65 bits per heavy atom. The molecule has 3 unspecified atom stereocenters. The number of nitrogens with one attached hydrogen (secondary N) is 1. The summed E-state index contributed by atoms with van der Waals surface area (Å²) in [6.45, 7) is 0.0758. The SMILES string of the molecule is Fc1ccc(CNC2CC3CCC2O3)c(C(F)(F)F)c1. The predicted molar refractivity (Wildman–Crippen MR) is 64.5 cm³/mol. The number of hydrogen-bond acceptors (Lipinski definition) is 2. The molecule has 2 nitrogen and oxygen atoms in total. The molecule has 0 radical (unpaired) electrons. The maximum absolute atomic E-state index is 13.0. The van der Waals surface area contributed by atoms with Gasteiger partial charge in [0.15, 0.2) is 0 Å². The molecule has 0 aromatic heterocycles. The number of alkyl halides is 3. The van der Waals surface area contributed by atoms with Gasteiger partial charge in [-0.1, -0.05) is 6.07 Å². The van der Waals surface area contributed by atoms with Crippen LogP contribution in [0.1, 0.15) is 30.4 Å². The van der Waals surface area contributed by atoms with Crippen molar-refractivity contribution in [3.05, 3.63) is 35.1 Å². The summed E-state index contributed by atoms with van der Waals surface area (Å²) in [5.41, 5.74) is -0.837. The normalized spacial score (nSPS) is 29.1. The van der Waals surface area contributed by atoms with E-state index in [1.54, 1.807) is 0 Å². The molecule has 110 valence electrons. The minimum atomic E-state index is -4.54. The standard InChI is InChI=1S/C14H15F4NO/c15-9-2-1-8(11(5-9)14(16,17)18)7-19-12-6-10-3-4-13(12)20-10/h1-2,5,10,12-13,19H,3-4,6-7H2. The molecule has 1 aromatic carbocycles. The highest BCUT2D eigenvalue weighted by atomic mass is 19.4. The third-order valence-corrected chi connectivity index (χ3v) is 4.04. The molecule has 1 aromatic rings. The van der Waals surface area contributed by atoms with Crippen molar-refractivity contribution in [3.8, 4) is 0 Å². The smallest absolute Gasteiger partial charge is 0.373 e. The van der Waals surface area contributed by atoms with Crippen LogP contribution in [-0.2, 0) is 17.5 Å². The molecule has 2 saturated heterocycles. The third-order valence-electron chi connectivity index (χ3n) is 4.04. The average Bonchev–Trinajstić information content (AvgIpc) is 2.98. The summed E-state index contributed by atoms with van der Waals surface area (Å²) < 4.78 is 57.2. The van der Waals surface area contributed by atoms with Crippen molar-refractivity contribution < 1.29 is 22.3 Å². The molecule has 0 aliphatic carbocycles. The lowest BCUT2D eigenvalue weighted by Gasteiger charge is -2.21. The van der Waals surface area contributed by atoms with Crippen LogP contribution in [0.25, 0.3) is 0 Å². The van der Waals surface area contributed by atoms with Crippen molar-refractivity contribution in [2.75, 3.05) is 0 Å². The molecular weight excluding hydrogens is 274 g/mol. The summed E-state index contributed by atoms with van der Waals surface area (Å²) in [4.78, 5) is 0. The van der Waals surface area contributed by atoms with Gasteiger partial charge in [-0.05, 0) is 37.0 Å². The van der Waals surface area contributed by atoms with Crippen molar-refractivity contribution in [3.63, 3.8) is 0 Å². The van der Waals surface area contributed by atoms with Gasteiger partial charge in [0, 0.05) is 12.6 Å². The predicted octanol–water partition coefficient (Wildman–Crippen LogP) is 3.25. The summed E-state index contributed by atoms with van der Waals surface area (Å²) in [6, 6.07) is 2.90. The van der Waals surface area contributed by atoms with E-state index in [4.69, 9.17) is 4.74 Å². The first-order chi connectivity index (χ1) is 9.43. The fourth-order valence-electron chi connectivity index (χ4n) is 3.06. The average molecular weight is 289 g/mol. The zero-order valence-electron chi connectivity index (χ0n) is 10.7. The Balaban J connectivity index is 1.71. The maximum Gasteiger partial charge on any atom is 0.416 e. The Morgan fingerprint density at radius 1 is 1.25 bits per heavy atom. The minimum Gasteiger partial charge on any atom is -0.373 e. The van der Waals surface area contributed by atoms with Crippen LogP contribution < -0.4 is 5.32 Å². The summed E-state index contributed by atoms with van der Waals surface area (Å²) in [5.74, 6) is -0.871. The Kier molecular flexibility index (Phi) is 3.46. The third kappa shape index (κ3) is 2.67. The monoisotopic (exact) mass is 289 g/mol. The zero-order chi connectivity index (χ0) is 14.3. The minimum absolute atomic E-state index is 0.0710. The van der Waals surface area contributed by atoms with E-state index < -0.39 is 17.6 Å². The first kappa shape index (κ1) is 13.8. The maximum atomic E-state index is 13.0. The quantitative estimate of drug-likeness (QED) is 0.862. The number of hydrogen-bond donors (Lipinski definition) is 1. The van der Waals surface area contributed by atoms with Crippen LogP contribution in [0.4, 0.5) is 17.6 Å². The van der Waals surface area contributed by atoms with Gasteiger partial charge in [0.25, 0.3) is 0 Å². The van der Waals surface area contributed by atoms with Gasteiger partial charge >= 0.3 is 6.18 Å². The van der Waals surface area contributed by atoms with Gasteiger partial charge in [-0.25, -0.2) is 4.39 Å². The number of halogens is 4. The largest absolute Gasteiger partial charge is 0.416 e. The highest BCUT2D eigenvalue weighted by molar-refractivity contribution is 5.30. The van der Waals surface area contributed by atoms with Crippen molar-refractivity contribution in [1.82, 2.24) is 5.32 Å². The van der Waals surface area contributed by atoms with E-state index in [1.165, 1.54) is 6.07 Å². The first-order valence-electron chi connectivity index (χ1n) is 6.68. The van der Waals surface area contributed by atoms with E-state index >= 15 is 0 Å². The lowest BCUT2D eigenvalue weighted by atomic mass is 9.95. The molecule has 2 heterocycles. The molecule has 0 saturated carbocycles. The molecule has 2 fully saturated rings. The Hall–Kier alpha value is -1.14. The van der Waals surface area contributed by atoms with Gasteiger partial charge < -0.3 is 10.1 Å². The Bertz CT molecular complexity index is 502. The summed E-state index contributed by atoms with van der Waals surface area (Å²) in [5, 5.41) is 3.11. The van der Waals surface area contributed by atoms with Crippen molar-refractivity contribution >= 4 is 0 Å². The van der Waals surface area contributed by atoms with E-state index in [1.807, 2.05) is 0 Å². The van der Waals surface area contributed by atoms with E-state index in [-0.39, 0.29) is 30.4 Å². The van der Waals surface area contributed by atoms with Gasteiger partial charge in [0.05, 0.1) is 17.8 Å². The highest BCUT2D eigenvalue weighted by Gasteiger charge is 2.40. The summed E-state index contributed by atoms with van der Waals surface area (Å²) >= 11 is 0. The van der Waals surface area contributed by atoms with Crippen molar-refractivity contribution in [1.29, 1.82) is 0 Å². The lowest BCUT2D eigenvalue weighted by Crippen LogP contribution is -2.37. The van der Waals surface area contributed by atoms with Crippen LogP contribution >= 0.6 is 0 Å². The van der Waals surface area contributed by atoms with Crippen LogP contribution in [0, 0.1) is 5.82 Å².